The second-order valence-corrected chi connectivity index (χ2v) is 4.52. The van der Waals surface area contributed by atoms with Gasteiger partial charge in [-0.05, 0) is 50.0 Å². The summed E-state index contributed by atoms with van der Waals surface area (Å²) in [6, 6.07) is 0. The minimum absolute atomic E-state index is 0. The van der Waals surface area contributed by atoms with Crippen LogP contribution in [-0.2, 0) is 45.4 Å². The minimum atomic E-state index is -1.12. The van der Waals surface area contributed by atoms with Crippen molar-refractivity contribution < 1.29 is 65.8 Å². The molecule has 0 aliphatic heterocycles. The molecule has 29 heavy (non-hydrogen) atoms. The number of allylic oxidation sites excluding steroid dienone is 4. The van der Waals surface area contributed by atoms with E-state index in [1.807, 2.05) is 27.7 Å². The summed E-state index contributed by atoms with van der Waals surface area (Å²) in [5.74, 6) is -4.49. The van der Waals surface area contributed by atoms with E-state index in [1.54, 1.807) is 0 Å². The van der Waals surface area contributed by atoms with Gasteiger partial charge in [0.2, 0.25) is 0 Å². The van der Waals surface area contributed by atoms with E-state index < -0.39 is 23.9 Å². The van der Waals surface area contributed by atoms with Gasteiger partial charge in [0.05, 0.1) is 23.9 Å². The summed E-state index contributed by atoms with van der Waals surface area (Å²) in [5, 5.41) is 38.2. The molecule has 0 radical (unpaired) electrons. The molecule has 0 amide bonds. The average molecular weight is 488 g/mol. The summed E-state index contributed by atoms with van der Waals surface area (Å²) >= 11 is 0. The number of aliphatic carboxylic acids is 4. The molecule has 0 spiro atoms. The number of hydrogen-bond donors (Lipinski definition) is 0. The van der Waals surface area contributed by atoms with E-state index >= 15 is 0 Å². The van der Waals surface area contributed by atoms with Crippen molar-refractivity contribution in [1.82, 2.24) is 0 Å². The second kappa shape index (κ2) is 33.3. The van der Waals surface area contributed by atoms with Crippen LogP contribution in [0, 0.1) is 0 Å². The molecule has 0 bridgehead atoms. The molecule has 0 atom stereocenters. The molecule has 160 valence electrons. The zero-order valence-corrected chi connectivity index (χ0v) is 19.7. The first-order valence-corrected chi connectivity index (χ1v) is 8.58. The minimum Gasteiger partial charge on any atom is -0.545 e. The molecule has 0 heterocycles. The quantitative estimate of drug-likeness (QED) is 0.386. The molecule has 0 aromatic rings. The van der Waals surface area contributed by atoms with Crippen molar-refractivity contribution in [3.8, 4) is 0 Å². The standard InChI is InChI=1S/4C5H8O2.Zr/c4*1-2-3-4-5(6)7;/h4*3-4H,2H2,1H3,(H,6,7);/q;;;;+4/p-4. The van der Waals surface area contributed by atoms with Crippen molar-refractivity contribution in [1.29, 1.82) is 0 Å². The molecule has 0 fully saturated rings. The van der Waals surface area contributed by atoms with Gasteiger partial charge in [0.1, 0.15) is 0 Å². The van der Waals surface area contributed by atoms with Gasteiger partial charge in [0.25, 0.3) is 0 Å². The van der Waals surface area contributed by atoms with Crippen molar-refractivity contribution in [2.45, 2.75) is 53.4 Å². The number of carboxylic acid groups (broad SMARTS) is 4. The van der Waals surface area contributed by atoms with Gasteiger partial charge in [0, 0.05) is 0 Å². The maximum Gasteiger partial charge on any atom is 4.00 e. The van der Waals surface area contributed by atoms with Crippen molar-refractivity contribution in [2.75, 3.05) is 0 Å². The molecule has 0 N–H and O–H groups in total. The van der Waals surface area contributed by atoms with Gasteiger partial charge in [-0.15, -0.1) is 0 Å². The van der Waals surface area contributed by atoms with Gasteiger partial charge < -0.3 is 39.6 Å². The Hall–Kier alpha value is -2.28. The number of rotatable bonds is 8. The van der Waals surface area contributed by atoms with E-state index in [0.717, 1.165) is 50.0 Å². The molecule has 8 nitrogen and oxygen atoms in total. The molecule has 0 saturated carbocycles. The Balaban J connectivity index is -0.0000000873. The van der Waals surface area contributed by atoms with Gasteiger partial charge >= 0.3 is 26.2 Å². The number of carbonyl (C=O) groups is 4. The SMILES string of the molecule is CCC=CC(=O)[O-].CCC=CC(=O)[O-].CCC=CC(=O)[O-].CCC=CC(=O)[O-].[Zr+4]. The molecule has 0 aromatic heterocycles. The largest absolute Gasteiger partial charge is 4.00 e. The van der Waals surface area contributed by atoms with E-state index in [9.17, 15) is 39.6 Å². The first-order chi connectivity index (χ1) is 13.1. The number of hydrogen-bond acceptors (Lipinski definition) is 8. The van der Waals surface area contributed by atoms with Crippen LogP contribution in [0.4, 0.5) is 0 Å². The van der Waals surface area contributed by atoms with Crippen LogP contribution in [0.5, 0.6) is 0 Å². The van der Waals surface area contributed by atoms with Crippen LogP contribution in [0.1, 0.15) is 53.4 Å². The molecule has 0 unspecified atom stereocenters. The summed E-state index contributed by atoms with van der Waals surface area (Å²) in [7, 11) is 0. The molecule has 0 aromatic carbocycles. The number of carboxylic acids is 4. The van der Waals surface area contributed by atoms with E-state index in [2.05, 4.69) is 0 Å². The zero-order chi connectivity index (χ0) is 22.8. The third-order valence-corrected chi connectivity index (χ3v) is 1.96. The molecular formula is C20H28O8Zr. The van der Waals surface area contributed by atoms with E-state index in [1.165, 1.54) is 24.3 Å². The number of carbonyl (C=O) groups excluding carboxylic acids is 4. The Kier molecular flexibility index (Phi) is 43.1. The molecular weight excluding hydrogens is 459 g/mol. The molecule has 0 aliphatic carbocycles. The Morgan fingerprint density at radius 3 is 0.655 bits per heavy atom. The van der Waals surface area contributed by atoms with Crippen molar-refractivity contribution in [2.24, 2.45) is 0 Å². The molecule has 0 aliphatic rings. The van der Waals surface area contributed by atoms with Crippen LogP contribution >= 0.6 is 0 Å². The van der Waals surface area contributed by atoms with Gasteiger partial charge in [0.15, 0.2) is 0 Å². The van der Waals surface area contributed by atoms with Crippen LogP contribution in [0.25, 0.3) is 0 Å². The van der Waals surface area contributed by atoms with Crippen molar-refractivity contribution >= 4 is 23.9 Å². The Morgan fingerprint density at radius 2 is 0.621 bits per heavy atom. The monoisotopic (exact) mass is 486 g/mol. The van der Waals surface area contributed by atoms with Crippen LogP contribution in [0.2, 0.25) is 0 Å². The Morgan fingerprint density at radius 1 is 0.483 bits per heavy atom. The second-order valence-electron chi connectivity index (χ2n) is 4.52. The topological polar surface area (TPSA) is 161 Å². The smallest absolute Gasteiger partial charge is 0.545 e. The molecule has 9 heteroatoms. The average Bonchev–Trinajstić information content (AvgIpc) is 2.62. The van der Waals surface area contributed by atoms with Gasteiger partial charge in [-0.1, -0.05) is 52.0 Å². The van der Waals surface area contributed by atoms with E-state index in [-0.39, 0.29) is 26.2 Å². The van der Waals surface area contributed by atoms with E-state index in [0.29, 0.717) is 0 Å². The van der Waals surface area contributed by atoms with Gasteiger partial charge in [-0.3, -0.25) is 0 Å². The molecule has 0 rings (SSSR count). The van der Waals surface area contributed by atoms with Crippen LogP contribution in [0.3, 0.4) is 0 Å². The normalized spacial score (nSPS) is 9.52. The summed E-state index contributed by atoms with van der Waals surface area (Å²) < 4.78 is 0. The first kappa shape index (κ1) is 37.5. The van der Waals surface area contributed by atoms with Crippen LogP contribution in [0.15, 0.2) is 48.6 Å². The zero-order valence-electron chi connectivity index (χ0n) is 17.2. The predicted octanol–water partition coefficient (Wildman–Crippen LogP) is -1.19. The Labute approximate surface area is 191 Å². The van der Waals surface area contributed by atoms with Crippen LogP contribution in [-0.4, -0.2) is 23.9 Å². The van der Waals surface area contributed by atoms with Crippen molar-refractivity contribution in [3.63, 3.8) is 0 Å². The fourth-order valence-corrected chi connectivity index (χ4v) is 0.856. The maximum atomic E-state index is 9.56. The Bertz CT molecular complexity index is 439. The van der Waals surface area contributed by atoms with Crippen molar-refractivity contribution in [3.05, 3.63) is 48.6 Å². The third-order valence-electron chi connectivity index (χ3n) is 1.96. The van der Waals surface area contributed by atoms with Gasteiger partial charge in [-0.2, -0.15) is 0 Å². The van der Waals surface area contributed by atoms with Crippen LogP contribution < -0.4 is 20.4 Å². The maximum absolute atomic E-state index is 9.56. The van der Waals surface area contributed by atoms with Gasteiger partial charge in [-0.25, -0.2) is 0 Å². The summed E-state index contributed by atoms with van der Waals surface area (Å²) in [6.07, 6.45) is 13.2. The summed E-state index contributed by atoms with van der Waals surface area (Å²) in [6.45, 7) is 7.44. The predicted molar refractivity (Wildman–Crippen MR) is 97.8 cm³/mol. The summed E-state index contributed by atoms with van der Waals surface area (Å²) in [4.78, 5) is 38.2. The summed E-state index contributed by atoms with van der Waals surface area (Å²) in [5.41, 5.74) is 0. The fraction of sp³-hybridized carbons (Fsp3) is 0.400. The first-order valence-electron chi connectivity index (χ1n) is 8.58. The molecule has 0 saturated heterocycles. The third kappa shape index (κ3) is 76.9. The van der Waals surface area contributed by atoms with E-state index in [4.69, 9.17) is 0 Å². The fourth-order valence-electron chi connectivity index (χ4n) is 0.856.